The van der Waals surface area contributed by atoms with Crippen molar-refractivity contribution in [1.82, 2.24) is 0 Å². The van der Waals surface area contributed by atoms with Gasteiger partial charge in [-0.1, -0.05) is 18.2 Å². The van der Waals surface area contributed by atoms with Crippen LogP contribution in [0.3, 0.4) is 0 Å². The van der Waals surface area contributed by atoms with Crippen molar-refractivity contribution in [2.24, 2.45) is 0 Å². The number of nitrogen functional groups attached to an aromatic ring is 1. The predicted molar refractivity (Wildman–Crippen MR) is 88.3 cm³/mol. The van der Waals surface area contributed by atoms with Gasteiger partial charge in [-0.3, -0.25) is 0 Å². The van der Waals surface area contributed by atoms with Gasteiger partial charge in [0.2, 0.25) is 0 Å². The molecule has 0 aromatic heterocycles. The average Bonchev–Trinajstić information content (AvgIpc) is 2.47. The van der Waals surface area contributed by atoms with Crippen LogP contribution in [0.1, 0.15) is 22.8 Å². The van der Waals surface area contributed by atoms with Crippen molar-refractivity contribution in [3.63, 3.8) is 0 Å². The molecule has 0 aliphatic rings. The highest BCUT2D eigenvalue weighted by Crippen LogP contribution is 2.25. The normalized spacial score (nSPS) is 10.2. The molecule has 2 aromatic carbocycles. The zero-order valence-electron chi connectivity index (χ0n) is 11.7. The summed E-state index contributed by atoms with van der Waals surface area (Å²) in [5.41, 5.74) is 9.10. The quantitative estimate of drug-likeness (QED) is 0.636. The van der Waals surface area contributed by atoms with Crippen LogP contribution in [0.5, 0.6) is 0 Å². The lowest BCUT2D eigenvalue weighted by Gasteiger charge is -2.11. The lowest BCUT2D eigenvalue weighted by molar-refractivity contribution is 0.0526. The maximum Gasteiger partial charge on any atom is 0.338 e. The van der Waals surface area contributed by atoms with Crippen molar-refractivity contribution in [1.29, 1.82) is 0 Å². The third-order valence-electron chi connectivity index (χ3n) is 3.00. The summed E-state index contributed by atoms with van der Waals surface area (Å²) in [6, 6.07) is 13.0. The number of anilines is 2. The van der Waals surface area contributed by atoms with Crippen LogP contribution in [0.2, 0.25) is 0 Å². The number of nitrogens with one attached hydrogen (secondary N) is 1. The highest BCUT2D eigenvalue weighted by atomic mass is 79.9. The molecular weight excluding hydrogens is 332 g/mol. The summed E-state index contributed by atoms with van der Waals surface area (Å²) in [5.74, 6) is -0.322. The number of hydrogen-bond acceptors (Lipinski definition) is 4. The fourth-order valence-electron chi connectivity index (χ4n) is 1.89. The first kappa shape index (κ1) is 15.4. The monoisotopic (exact) mass is 348 g/mol. The minimum absolute atomic E-state index is 0.322. The summed E-state index contributed by atoms with van der Waals surface area (Å²) in [6.45, 7) is 2.76. The van der Waals surface area contributed by atoms with Gasteiger partial charge in [0.1, 0.15) is 0 Å². The molecule has 3 N–H and O–H groups in total. The van der Waals surface area contributed by atoms with Crippen molar-refractivity contribution in [3.8, 4) is 0 Å². The van der Waals surface area contributed by atoms with Gasteiger partial charge in [-0.05, 0) is 52.7 Å². The van der Waals surface area contributed by atoms with Crippen LogP contribution in [0, 0.1) is 0 Å². The van der Waals surface area contributed by atoms with E-state index in [0.29, 0.717) is 18.7 Å². The number of hydrogen-bond donors (Lipinski definition) is 2. The Balaban J connectivity index is 2.08. The Morgan fingerprint density at radius 3 is 2.71 bits per heavy atom. The van der Waals surface area contributed by atoms with Crippen molar-refractivity contribution in [2.75, 3.05) is 17.7 Å². The molecule has 0 bridgehead atoms. The van der Waals surface area contributed by atoms with Gasteiger partial charge in [-0.2, -0.15) is 0 Å². The summed E-state index contributed by atoms with van der Waals surface area (Å²) in [4.78, 5) is 11.7. The van der Waals surface area contributed by atoms with E-state index in [9.17, 15) is 4.79 Å². The van der Waals surface area contributed by atoms with E-state index in [1.54, 1.807) is 19.1 Å². The van der Waals surface area contributed by atoms with Gasteiger partial charge in [-0.25, -0.2) is 4.79 Å². The van der Waals surface area contributed by atoms with Crippen molar-refractivity contribution in [2.45, 2.75) is 13.5 Å². The zero-order valence-corrected chi connectivity index (χ0v) is 13.3. The second-order valence-corrected chi connectivity index (χ2v) is 5.32. The Labute approximate surface area is 132 Å². The second-order valence-electron chi connectivity index (χ2n) is 4.47. The molecular formula is C16H17BrN2O2. The number of halogens is 1. The van der Waals surface area contributed by atoms with Gasteiger partial charge in [-0.15, -0.1) is 0 Å². The van der Waals surface area contributed by atoms with Gasteiger partial charge in [0, 0.05) is 22.4 Å². The van der Waals surface area contributed by atoms with E-state index in [1.165, 1.54) is 0 Å². The minimum atomic E-state index is -0.322. The molecule has 0 spiro atoms. The van der Waals surface area contributed by atoms with Crippen molar-refractivity contribution < 1.29 is 9.53 Å². The molecule has 0 amide bonds. The van der Waals surface area contributed by atoms with Gasteiger partial charge in [0.05, 0.1) is 12.2 Å². The SMILES string of the molecule is CCOC(=O)c1ccc(NCc2ccccc2N)c(Br)c1. The first-order valence-electron chi connectivity index (χ1n) is 6.65. The molecule has 0 aliphatic heterocycles. The summed E-state index contributed by atoms with van der Waals surface area (Å²) < 4.78 is 5.78. The molecule has 0 fully saturated rings. The number of benzene rings is 2. The maximum atomic E-state index is 11.7. The molecule has 0 saturated heterocycles. The Bertz CT molecular complexity index is 644. The van der Waals surface area contributed by atoms with Gasteiger partial charge in [0.15, 0.2) is 0 Å². The van der Waals surface area contributed by atoms with Crippen LogP contribution in [0.4, 0.5) is 11.4 Å². The molecule has 110 valence electrons. The number of esters is 1. The number of carbonyl (C=O) groups excluding carboxylic acids is 1. The lowest BCUT2D eigenvalue weighted by Crippen LogP contribution is -2.06. The Kier molecular flexibility index (Phi) is 5.22. The molecule has 4 nitrogen and oxygen atoms in total. The summed E-state index contributed by atoms with van der Waals surface area (Å²) in [6.07, 6.45) is 0. The van der Waals surface area contributed by atoms with E-state index in [0.717, 1.165) is 21.4 Å². The van der Waals surface area contributed by atoms with E-state index in [2.05, 4.69) is 21.2 Å². The summed E-state index contributed by atoms with van der Waals surface area (Å²) in [7, 11) is 0. The molecule has 2 rings (SSSR count). The molecule has 2 aromatic rings. The number of rotatable bonds is 5. The highest BCUT2D eigenvalue weighted by molar-refractivity contribution is 9.10. The third-order valence-corrected chi connectivity index (χ3v) is 3.66. The fraction of sp³-hybridized carbons (Fsp3) is 0.188. The van der Waals surface area contributed by atoms with Gasteiger partial charge >= 0.3 is 5.97 Å². The molecule has 5 heteroatoms. The van der Waals surface area contributed by atoms with E-state index in [4.69, 9.17) is 10.5 Å². The van der Waals surface area contributed by atoms with Crippen LogP contribution < -0.4 is 11.1 Å². The second kappa shape index (κ2) is 7.13. The van der Waals surface area contributed by atoms with E-state index in [-0.39, 0.29) is 5.97 Å². The number of carbonyl (C=O) groups is 1. The number of para-hydroxylation sites is 1. The van der Waals surface area contributed by atoms with Crippen molar-refractivity contribution in [3.05, 3.63) is 58.1 Å². The Morgan fingerprint density at radius 2 is 2.05 bits per heavy atom. The smallest absolute Gasteiger partial charge is 0.338 e. The molecule has 0 heterocycles. The number of nitrogens with two attached hydrogens (primary N) is 1. The lowest BCUT2D eigenvalue weighted by atomic mass is 10.1. The first-order valence-corrected chi connectivity index (χ1v) is 7.45. The molecule has 21 heavy (non-hydrogen) atoms. The molecule has 0 aliphatic carbocycles. The summed E-state index contributed by atoms with van der Waals surface area (Å²) in [5, 5.41) is 3.29. The van der Waals surface area contributed by atoms with Crippen LogP contribution in [0.25, 0.3) is 0 Å². The van der Waals surface area contributed by atoms with Gasteiger partial charge < -0.3 is 15.8 Å². The Hall–Kier alpha value is -2.01. The van der Waals surface area contributed by atoms with Crippen molar-refractivity contribution >= 4 is 33.3 Å². The molecule has 0 unspecified atom stereocenters. The minimum Gasteiger partial charge on any atom is -0.462 e. The van der Waals surface area contributed by atoms with Crippen LogP contribution in [-0.4, -0.2) is 12.6 Å². The largest absolute Gasteiger partial charge is 0.462 e. The summed E-state index contributed by atoms with van der Waals surface area (Å²) >= 11 is 3.46. The van der Waals surface area contributed by atoms with E-state index >= 15 is 0 Å². The van der Waals surface area contributed by atoms with E-state index < -0.39 is 0 Å². The zero-order chi connectivity index (χ0) is 15.2. The maximum absolute atomic E-state index is 11.7. The molecule has 0 atom stereocenters. The fourth-order valence-corrected chi connectivity index (χ4v) is 2.40. The van der Waals surface area contributed by atoms with Crippen LogP contribution in [-0.2, 0) is 11.3 Å². The van der Waals surface area contributed by atoms with Gasteiger partial charge in [0.25, 0.3) is 0 Å². The topological polar surface area (TPSA) is 64.3 Å². The molecule has 0 saturated carbocycles. The first-order chi connectivity index (χ1) is 10.1. The Morgan fingerprint density at radius 1 is 1.29 bits per heavy atom. The van der Waals surface area contributed by atoms with E-state index in [1.807, 2.05) is 30.3 Å². The average molecular weight is 349 g/mol. The molecule has 0 radical (unpaired) electrons. The highest BCUT2D eigenvalue weighted by Gasteiger charge is 2.09. The standard InChI is InChI=1S/C16H17BrN2O2/c1-2-21-16(20)11-7-8-15(13(17)9-11)19-10-12-5-3-4-6-14(12)18/h3-9,19H,2,10,18H2,1H3. The number of ether oxygens (including phenoxy) is 1. The third kappa shape index (κ3) is 3.98. The van der Waals surface area contributed by atoms with Crippen LogP contribution in [0.15, 0.2) is 46.9 Å². The predicted octanol–water partition coefficient (Wildman–Crippen LogP) is 3.82. The van der Waals surface area contributed by atoms with Crippen LogP contribution >= 0.6 is 15.9 Å².